The average Bonchev–Trinajstić information content (AvgIpc) is 2.76. The van der Waals surface area contributed by atoms with Gasteiger partial charge in [0.25, 0.3) is 0 Å². The summed E-state index contributed by atoms with van der Waals surface area (Å²) in [5, 5.41) is 9.52. The zero-order valence-corrected chi connectivity index (χ0v) is 16.2. The Morgan fingerprint density at radius 1 is 0.862 bits per heavy atom. The van der Waals surface area contributed by atoms with E-state index in [1.807, 2.05) is 30.3 Å². The largest absolute Gasteiger partial charge is 0.497 e. The number of ketones is 1. The Morgan fingerprint density at radius 3 is 2.14 bits per heavy atom. The maximum Gasteiger partial charge on any atom is 0.194 e. The van der Waals surface area contributed by atoms with Gasteiger partial charge in [0.05, 0.1) is 13.2 Å². The molecule has 0 heterocycles. The van der Waals surface area contributed by atoms with Crippen molar-refractivity contribution in [3.63, 3.8) is 0 Å². The van der Waals surface area contributed by atoms with Gasteiger partial charge in [-0.1, -0.05) is 30.3 Å². The third-order valence-electron chi connectivity index (χ3n) is 4.36. The van der Waals surface area contributed by atoms with Crippen LogP contribution in [0.3, 0.4) is 0 Å². The maximum absolute atomic E-state index is 12.8. The van der Waals surface area contributed by atoms with Crippen molar-refractivity contribution in [3.8, 4) is 29.1 Å². The number of Topliss-reactive ketones (excluding diaryl/α,β-unsaturated/α-hetero) is 1. The van der Waals surface area contributed by atoms with Crippen LogP contribution >= 0.6 is 0 Å². The van der Waals surface area contributed by atoms with E-state index in [9.17, 15) is 10.1 Å². The lowest BCUT2D eigenvalue weighted by Crippen LogP contribution is -2.28. The second-order valence-electron chi connectivity index (χ2n) is 6.39. The first-order valence-electron chi connectivity index (χ1n) is 9.17. The Labute approximate surface area is 170 Å². The first-order valence-corrected chi connectivity index (χ1v) is 9.17. The van der Waals surface area contributed by atoms with E-state index in [0.29, 0.717) is 22.8 Å². The number of nitriles is 1. The van der Waals surface area contributed by atoms with Crippen LogP contribution in [0.1, 0.15) is 18.4 Å². The Kier molecular flexibility index (Phi) is 6.49. The zero-order chi connectivity index (χ0) is 20.6. The lowest BCUT2D eigenvalue weighted by atomic mass is 9.93. The molecule has 0 aliphatic heterocycles. The maximum atomic E-state index is 12.8. The summed E-state index contributed by atoms with van der Waals surface area (Å²) in [5.41, 5.74) is 0.582. The summed E-state index contributed by atoms with van der Waals surface area (Å²) in [6.07, 6.45) is -0.785. The summed E-state index contributed by atoms with van der Waals surface area (Å²) in [6.45, 7) is 1.64. The Bertz CT molecular complexity index is 993. The van der Waals surface area contributed by atoms with Crippen molar-refractivity contribution in [2.75, 3.05) is 7.11 Å². The fourth-order valence-electron chi connectivity index (χ4n) is 2.83. The van der Waals surface area contributed by atoms with Gasteiger partial charge in [-0.05, 0) is 61.0 Å². The molecule has 0 aromatic heterocycles. The quantitative estimate of drug-likeness (QED) is 0.536. The van der Waals surface area contributed by atoms with Crippen molar-refractivity contribution in [3.05, 3.63) is 84.4 Å². The topological polar surface area (TPSA) is 68.5 Å². The van der Waals surface area contributed by atoms with E-state index in [-0.39, 0.29) is 5.78 Å². The first kappa shape index (κ1) is 20.0. The molecule has 0 N–H and O–H groups in total. The van der Waals surface area contributed by atoms with E-state index in [1.165, 1.54) is 0 Å². The molecule has 146 valence electrons. The van der Waals surface area contributed by atoms with Gasteiger partial charge in [0.15, 0.2) is 11.9 Å². The van der Waals surface area contributed by atoms with Gasteiger partial charge in [-0.15, -0.1) is 0 Å². The molecule has 5 heteroatoms. The van der Waals surface area contributed by atoms with Crippen molar-refractivity contribution < 1.29 is 19.0 Å². The van der Waals surface area contributed by atoms with Crippen LogP contribution in [-0.2, 0) is 4.79 Å². The number of carbonyl (C=O) groups is 1. The molecule has 0 fully saturated rings. The van der Waals surface area contributed by atoms with Gasteiger partial charge < -0.3 is 14.2 Å². The molecule has 0 spiro atoms. The summed E-state index contributed by atoms with van der Waals surface area (Å²) in [4.78, 5) is 12.8. The van der Waals surface area contributed by atoms with Crippen LogP contribution < -0.4 is 14.2 Å². The number of para-hydroxylation sites is 1. The first-order chi connectivity index (χ1) is 14.1. The predicted molar refractivity (Wildman–Crippen MR) is 109 cm³/mol. The molecule has 5 nitrogen and oxygen atoms in total. The fourth-order valence-corrected chi connectivity index (χ4v) is 2.83. The molecule has 2 unspecified atom stereocenters. The van der Waals surface area contributed by atoms with Crippen molar-refractivity contribution in [1.82, 2.24) is 0 Å². The minimum Gasteiger partial charge on any atom is -0.497 e. The lowest BCUT2D eigenvalue weighted by Gasteiger charge is -2.17. The molecule has 29 heavy (non-hydrogen) atoms. The molecule has 0 saturated carbocycles. The molecule has 0 saturated heterocycles. The van der Waals surface area contributed by atoms with Crippen molar-refractivity contribution >= 4 is 5.78 Å². The van der Waals surface area contributed by atoms with Gasteiger partial charge in [0.2, 0.25) is 0 Å². The highest BCUT2D eigenvalue weighted by Crippen LogP contribution is 2.26. The van der Waals surface area contributed by atoms with Crippen molar-refractivity contribution in [2.24, 2.45) is 0 Å². The standard InChI is InChI=1S/C24H21NO4/c1-17(24(26)23(16-25)18-7-6-10-22(15-18)27-2)28-20-11-13-21(14-12-20)29-19-8-4-3-5-9-19/h3-15,17,23H,1-2H3. The minimum atomic E-state index is -0.930. The summed E-state index contributed by atoms with van der Waals surface area (Å²) < 4.78 is 16.7. The van der Waals surface area contributed by atoms with Crippen molar-refractivity contribution in [2.45, 2.75) is 18.9 Å². The SMILES string of the molecule is COc1cccc(C(C#N)C(=O)C(C)Oc2ccc(Oc3ccccc3)cc2)c1. The molecule has 3 aromatic rings. The second kappa shape index (κ2) is 9.43. The van der Waals surface area contributed by atoms with Crippen LogP contribution in [0, 0.1) is 11.3 Å². The van der Waals surface area contributed by atoms with Gasteiger partial charge in [-0.2, -0.15) is 5.26 Å². The number of nitrogens with zero attached hydrogens (tertiary/aromatic N) is 1. The van der Waals surface area contributed by atoms with Crippen LogP contribution in [-0.4, -0.2) is 19.0 Å². The third kappa shape index (κ3) is 5.14. The van der Waals surface area contributed by atoms with E-state index in [0.717, 1.165) is 5.75 Å². The monoisotopic (exact) mass is 387 g/mol. The molecule has 0 aliphatic carbocycles. The number of benzene rings is 3. The number of rotatable bonds is 8. The lowest BCUT2D eigenvalue weighted by molar-refractivity contribution is -0.125. The third-order valence-corrected chi connectivity index (χ3v) is 4.36. The summed E-state index contributed by atoms with van der Waals surface area (Å²) in [7, 11) is 1.54. The Hall–Kier alpha value is -3.78. The predicted octanol–water partition coefficient (Wildman–Crippen LogP) is 5.13. The van der Waals surface area contributed by atoms with E-state index in [4.69, 9.17) is 14.2 Å². The molecule has 0 radical (unpaired) electrons. The van der Waals surface area contributed by atoms with Crippen LogP contribution in [0.25, 0.3) is 0 Å². The summed E-state index contributed by atoms with van der Waals surface area (Å²) >= 11 is 0. The normalized spacial score (nSPS) is 12.3. The second-order valence-corrected chi connectivity index (χ2v) is 6.39. The molecule has 0 bridgehead atoms. The van der Waals surface area contributed by atoms with Crippen LogP contribution in [0.5, 0.6) is 23.0 Å². The summed E-state index contributed by atoms with van der Waals surface area (Å²) in [6, 6.07) is 25.5. The molecular formula is C24H21NO4. The number of hydrogen-bond acceptors (Lipinski definition) is 5. The van der Waals surface area contributed by atoms with Gasteiger partial charge in [-0.3, -0.25) is 4.79 Å². The molecule has 3 aromatic carbocycles. The highest BCUT2D eigenvalue weighted by molar-refractivity contribution is 5.92. The molecule has 3 rings (SSSR count). The number of methoxy groups -OCH3 is 1. The number of ether oxygens (including phenoxy) is 3. The Morgan fingerprint density at radius 2 is 1.48 bits per heavy atom. The minimum absolute atomic E-state index is 0.314. The number of hydrogen-bond donors (Lipinski definition) is 0. The van der Waals surface area contributed by atoms with Gasteiger partial charge in [-0.25, -0.2) is 0 Å². The highest BCUT2D eigenvalue weighted by Gasteiger charge is 2.27. The average molecular weight is 387 g/mol. The van der Waals surface area contributed by atoms with Crippen molar-refractivity contribution in [1.29, 1.82) is 5.26 Å². The van der Waals surface area contributed by atoms with Crippen LogP contribution in [0.2, 0.25) is 0 Å². The molecule has 2 atom stereocenters. The van der Waals surface area contributed by atoms with Crippen LogP contribution in [0.15, 0.2) is 78.9 Å². The fraction of sp³-hybridized carbons (Fsp3) is 0.167. The Balaban J connectivity index is 1.66. The molecule has 0 aliphatic rings. The number of carbonyl (C=O) groups excluding carboxylic acids is 1. The molecular weight excluding hydrogens is 366 g/mol. The van der Waals surface area contributed by atoms with Gasteiger partial charge in [0, 0.05) is 0 Å². The summed E-state index contributed by atoms with van der Waals surface area (Å²) in [5.74, 6) is 1.27. The van der Waals surface area contributed by atoms with E-state index < -0.39 is 12.0 Å². The van der Waals surface area contributed by atoms with E-state index >= 15 is 0 Å². The van der Waals surface area contributed by atoms with Gasteiger partial charge >= 0.3 is 0 Å². The molecule has 0 amide bonds. The smallest absolute Gasteiger partial charge is 0.194 e. The van der Waals surface area contributed by atoms with E-state index in [2.05, 4.69) is 6.07 Å². The van der Waals surface area contributed by atoms with E-state index in [1.54, 1.807) is 62.6 Å². The highest BCUT2D eigenvalue weighted by atomic mass is 16.5. The van der Waals surface area contributed by atoms with Gasteiger partial charge in [0.1, 0.15) is 28.9 Å². The zero-order valence-electron chi connectivity index (χ0n) is 16.2. The van der Waals surface area contributed by atoms with Crippen LogP contribution in [0.4, 0.5) is 0 Å².